The van der Waals surface area contributed by atoms with Crippen LogP contribution in [0.3, 0.4) is 0 Å². The number of nitrogens with one attached hydrogen (secondary N) is 2. The van der Waals surface area contributed by atoms with Crippen LogP contribution < -0.4 is 65.9 Å². The number of halogens is 3. The summed E-state index contributed by atoms with van der Waals surface area (Å²) in [5.41, 5.74) is -0.857. The van der Waals surface area contributed by atoms with E-state index in [0.717, 1.165) is 60.6 Å². The van der Waals surface area contributed by atoms with E-state index >= 15 is 0 Å². The lowest BCUT2D eigenvalue weighted by atomic mass is 10.2. The number of hydrogen-bond acceptors (Lipinski definition) is 28. The van der Waals surface area contributed by atoms with Gasteiger partial charge in [0.25, 0.3) is 22.2 Å². The van der Waals surface area contributed by atoms with E-state index in [0.29, 0.717) is 75.0 Å². The van der Waals surface area contributed by atoms with Gasteiger partial charge in [0, 0.05) is 70.3 Å². The lowest BCUT2D eigenvalue weighted by molar-refractivity contribution is -0.0499. The van der Waals surface area contributed by atoms with Gasteiger partial charge in [0.2, 0.25) is 0 Å². The minimum Gasteiger partial charge on any atom is -0.507 e. The number of aromatic hydroxyl groups is 3. The second-order valence-corrected chi connectivity index (χ2v) is 24.7. The van der Waals surface area contributed by atoms with Crippen molar-refractivity contribution in [1.82, 2.24) is 58.8 Å². The Morgan fingerprint density at radius 3 is 1.16 bits per heavy atom. The fourth-order valence-electron chi connectivity index (χ4n) is 10.2. The first-order chi connectivity index (χ1) is 53.7. The minimum absolute atomic E-state index is 0.0408. The first kappa shape index (κ1) is 77.8. The molecule has 5 N–H and O–H groups in total. The first-order valence-electron chi connectivity index (χ1n) is 32.9. The molecule has 32 nitrogen and oxygen atoms in total. The average Bonchev–Trinajstić information content (AvgIpc) is 0.786. The number of aromatic nitrogens is 12. The molecular weight excluding hydrogens is 1470 g/mol. The maximum Gasteiger partial charge on any atom is 0.534 e. The van der Waals surface area contributed by atoms with Crippen LogP contribution in [-0.4, -0.2) is 116 Å². The number of alkyl halides is 3. The smallest absolute Gasteiger partial charge is 0.507 e. The summed E-state index contributed by atoms with van der Waals surface area (Å²) in [6.07, 6.45) is 10.7. The normalized spacial score (nSPS) is 11.1. The Balaban J connectivity index is 0.000000149. The molecule has 8 heterocycles. The van der Waals surface area contributed by atoms with Gasteiger partial charge in [-0.05, 0) is 57.6 Å². The maximum absolute atomic E-state index is 12.9. The van der Waals surface area contributed by atoms with Crippen molar-refractivity contribution in [2.24, 2.45) is 0 Å². The number of anilines is 2. The molecule has 0 aliphatic rings. The van der Waals surface area contributed by atoms with Gasteiger partial charge in [-0.1, -0.05) is 133 Å². The van der Waals surface area contributed by atoms with Crippen LogP contribution in [-0.2, 0) is 59.1 Å². The molecule has 8 aromatic heterocycles. The molecule has 0 amide bonds. The van der Waals surface area contributed by atoms with E-state index in [9.17, 15) is 56.1 Å². The lowest BCUT2D eigenvalue weighted by Crippen LogP contribution is -2.31. The molecule has 0 bridgehead atoms. The van der Waals surface area contributed by atoms with Crippen molar-refractivity contribution in [2.45, 2.75) is 45.0 Å². The molecular formula is C75H65F3N14O18S. The van der Waals surface area contributed by atoms with E-state index in [2.05, 4.69) is 54.7 Å². The largest absolute Gasteiger partial charge is 0.534 e. The molecule has 0 spiro atoms. The first-order valence-corrected chi connectivity index (χ1v) is 34.3. The zero-order valence-corrected chi connectivity index (χ0v) is 59.3. The summed E-state index contributed by atoms with van der Waals surface area (Å²) >= 11 is 0. The number of rotatable bonds is 26. The summed E-state index contributed by atoms with van der Waals surface area (Å²) in [6.45, 7) is 1.54. The molecule has 0 aliphatic carbocycles. The molecule has 36 heteroatoms. The SMILES string of the molecule is COCOc1ccc(CNc2cc(=O)n(OCc3ccccc3)c3ncncc23)cc1OCOC.O=c1cc(NCc2ccc(O)c(O)c2)c2cncnc2n1OCc1ccccc1.O=c1cc(O)c2cncnc2n1OCc1ccccc1.O=c1cc(OS(=O)(=O)C(F)(F)F)c2cncnc2n1OCc1ccccc1. The van der Waals surface area contributed by atoms with E-state index in [1.165, 1.54) is 54.2 Å². The Bertz CT molecular complexity index is 5890. The number of phenolic OH excluding ortho intramolecular Hbond substituents is 2. The summed E-state index contributed by atoms with van der Waals surface area (Å²) in [6, 6.07) is 51.9. The second-order valence-electron chi connectivity index (χ2n) is 23.2. The number of methoxy groups -OCH3 is 2. The molecule has 0 unspecified atom stereocenters. The Morgan fingerprint density at radius 2 is 0.748 bits per heavy atom. The van der Waals surface area contributed by atoms with Gasteiger partial charge in [-0.3, -0.25) is 19.2 Å². The summed E-state index contributed by atoms with van der Waals surface area (Å²) < 4.78 is 89.5. The van der Waals surface area contributed by atoms with E-state index in [1.807, 2.05) is 103 Å². The van der Waals surface area contributed by atoms with Crippen LogP contribution in [0.15, 0.2) is 251 Å². The Kier molecular flexibility index (Phi) is 25.8. The zero-order chi connectivity index (χ0) is 78.3. The van der Waals surface area contributed by atoms with Gasteiger partial charge in [0.1, 0.15) is 57.5 Å². The molecule has 0 atom stereocenters. The Hall–Kier alpha value is -14.3. The molecule has 0 radical (unpaired) electrons. The average molecular weight is 1540 g/mol. The topological polar surface area (TPSA) is 393 Å². The van der Waals surface area contributed by atoms with Crippen molar-refractivity contribution in [3.8, 4) is 34.5 Å². The van der Waals surface area contributed by atoms with Gasteiger partial charge in [-0.15, -0.1) is 18.9 Å². The molecule has 0 saturated carbocycles. The molecule has 0 fully saturated rings. The minimum atomic E-state index is -5.97. The standard InChI is InChI=1S/C25H26N4O6.C21H18N4O4.C15H10F3N3O5S.C14H11N3O3/c1-31-16-33-22-9-8-19(10-23(22)34-17-32-2)12-27-21-11-24(30)29(25-20(21)13-26-15-28-25)35-14-18-6-4-3-5-7-18;26-18-7-6-15(8-19(18)27)10-23-17-9-20(28)25(21-16(17)11-22-13-24-21)29-12-14-4-2-1-3-5-14;16-15(17,18)27(23,24)26-12-6-13(22)21(14-11(12)7-19-9-20-14)25-8-10-4-2-1-3-5-10;18-12-6-13(19)17(14-11(12)7-15-9-16-14)20-8-10-4-2-1-3-5-10/h3-11,13,15,27H,12,14,16-17H2,1-2H3;1-9,11,13,23,26-27H,10,12H2;1-7,9H,8H2;1-7,9,18H,8H2. The van der Waals surface area contributed by atoms with Crippen molar-refractivity contribution in [1.29, 1.82) is 0 Å². The van der Waals surface area contributed by atoms with E-state index in [-0.39, 0.29) is 85.1 Å². The predicted molar refractivity (Wildman–Crippen MR) is 395 cm³/mol. The van der Waals surface area contributed by atoms with Crippen LogP contribution in [0.5, 0.6) is 34.5 Å². The number of phenols is 2. The highest BCUT2D eigenvalue weighted by atomic mass is 32.2. The number of pyridine rings is 4. The Morgan fingerprint density at radius 1 is 0.387 bits per heavy atom. The van der Waals surface area contributed by atoms with Crippen LogP contribution >= 0.6 is 0 Å². The third-order valence-corrected chi connectivity index (χ3v) is 16.4. The second kappa shape index (κ2) is 36.8. The lowest BCUT2D eigenvalue weighted by Gasteiger charge is -2.15. The number of nitrogens with zero attached hydrogens (tertiary/aromatic N) is 12. The predicted octanol–water partition coefficient (Wildman–Crippen LogP) is 8.22. The summed E-state index contributed by atoms with van der Waals surface area (Å²) in [7, 11) is -2.89. The highest BCUT2D eigenvalue weighted by Crippen LogP contribution is 2.32. The van der Waals surface area contributed by atoms with Crippen molar-refractivity contribution in [3.05, 3.63) is 307 Å². The fraction of sp³-hybridized carbons (Fsp3) is 0.147. The maximum atomic E-state index is 12.9. The van der Waals surface area contributed by atoms with Crippen LogP contribution in [0.1, 0.15) is 33.4 Å². The van der Waals surface area contributed by atoms with Gasteiger partial charge in [0.05, 0.1) is 39.0 Å². The number of fused-ring (bicyclic) bond motifs is 4. The molecule has 0 saturated heterocycles. The van der Waals surface area contributed by atoms with Crippen molar-refractivity contribution in [3.63, 3.8) is 0 Å². The zero-order valence-electron chi connectivity index (χ0n) is 58.5. The molecule has 14 rings (SSSR count). The number of benzene rings is 6. The third-order valence-electron chi connectivity index (χ3n) is 15.5. The van der Waals surface area contributed by atoms with Gasteiger partial charge < -0.3 is 68.4 Å². The fourth-order valence-corrected chi connectivity index (χ4v) is 10.7. The number of hydrogen-bond donors (Lipinski definition) is 5. The van der Waals surface area contributed by atoms with Crippen molar-refractivity contribution in [2.75, 3.05) is 38.4 Å². The van der Waals surface area contributed by atoms with Crippen molar-refractivity contribution >= 4 is 65.6 Å². The highest BCUT2D eigenvalue weighted by molar-refractivity contribution is 7.88. The van der Waals surface area contributed by atoms with Gasteiger partial charge in [0.15, 0.2) is 64.9 Å². The highest BCUT2D eigenvalue weighted by Gasteiger charge is 2.49. The molecule has 570 valence electrons. The van der Waals surface area contributed by atoms with Crippen LogP contribution in [0.2, 0.25) is 0 Å². The molecule has 111 heavy (non-hydrogen) atoms. The molecule has 0 aliphatic heterocycles. The van der Waals surface area contributed by atoms with Crippen LogP contribution in [0, 0.1) is 0 Å². The molecule has 6 aromatic carbocycles. The van der Waals surface area contributed by atoms with Gasteiger partial charge >= 0.3 is 15.6 Å². The van der Waals surface area contributed by atoms with Crippen LogP contribution in [0.4, 0.5) is 24.5 Å². The Labute approximate surface area is 625 Å². The van der Waals surface area contributed by atoms with E-state index in [1.54, 1.807) is 69.1 Å². The van der Waals surface area contributed by atoms with Crippen molar-refractivity contribution < 1.29 is 79.4 Å². The molecule has 14 aromatic rings. The third kappa shape index (κ3) is 20.3. The summed E-state index contributed by atoms with van der Waals surface area (Å²) in [5.74, 6) is -0.364. The van der Waals surface area contributed by atoms with E-state index < -0.39 is 32.5 Å². The van der Waals surface area contributed by atoms with Crippen LogP contribution in [0.25, 0.3) is 44.1 Å². The van der Waals surface area contributed by atoms with Gasteiger partial charge in [-0.25, -0.2) is 39.9 Å². The summed E-state index contributed by atoms with van der Waals surface area (Å²) in [4.78, 5) is 104. The number of ether oxygens (including phenoxy) is 4. The van der Waals surface area contributed by atoms with E-state index in [4.69, 9.17) is 38.3 Å². The van der Waals surface area contributed by atoms with Gasteiger partial charge in [-0.2, -0.15) is 21.6 Å². The monoisotopic (exact) mass is 1540 g/mol. The summed E-state index contributed by atoms with van der Waals surface area (Å²) in [5, 5.41) is 36.6. The quantitative estimate of drug-likeness (QED) is 0.0147.